The molecule has 0 atom stereocenters. The highest BCUT2D eigenvalue weighted by molar-refractivity contribution is 6.30. The number of rotatable bonds is 4. The van der Waals surface area contributed by atoms with E-state index in [4.69, 9.17) is 0 Å². The fraction of sp³-hybridized carbons (Fsp3) is 0.158. The zero-order valence-electron chi connectivity index (χ0n) is 13.5. The maximum absolute atomic E-state index is 12.8. The van der Waals surface area contributed by atoms with Gasteiger partial charge in [-0.2, -0.15) is 0 Å². The van der Waals surface area contributed by atoms with Crippen molar-refractivity contribution >= 4 is 29.1 Å². The highest BCUT2D eigenvalue weighted by Crippen LogP contribution is 2.31. The lowest BCUT2D eigenvalue weighted by atomic mass is 9.83. The van der Waals surface area contributed by atoms with Crippen LogP contribution >= 0.6 is 0 Å². The molecule has 0 radical (unpaired) electrons. The first-order valence-electron chi connectivity index (χ1n) is 7.71. The summed E-state index contributed by atoms with van der Waals surface area (Å²) in [6.07, 6.45) is -0.137. The molecule has 0 fully saturated rings. The van der Waals surface area contributed by atoms with Gasteiger partial charge in [0.1, 0.15) is 0 Å². The third-order valence-corrected chi connectivity index (χ3v) is 4.01. The fourth-order valence-electron chi connectivity index (χ4n) is 2.78. The molecule has 1 amide bonds. The SMILES string of the molecule is COC(=O)CCC(=O)Nc1cccc2c1C(=O)c1ccccc1C2=O. The Balaban J connectivity index is 1.92. The second-order valence-corrected chi connectivity index (χ2v) is 5.56. The van der Waals surface area contributed by atoms with E-state index in [9.17, 15) is 19.2 Å². The zero-order valence-corrected chi connectivity index (χ0v) is 13.5. The number of ketones is 2. The van der Waals surface area contributed by atoms with Gasteiger partial charge < -0.3 is 10.1 Å². The average Bonchev–Trinajstić information content (AvgIpc) is 2.64. The van der Waals surface area contributed by atoms with Crippen LogP contribution in [0.15, 0.2) is 42.5 Å². The third-order valence-electron chi connectivity index (χ3n) is 4.01. The molecule has 126 valence electrons. The van der Waals surface area contributed by atoms with Crippen LogP contribution < -0.4 is 5.32 Å². The minimum Gasteiger partial charge on any atom is -0.469 e. The van der Waals surface area contributed by atoms with Crippen LogP contribution in [0.4, 0.5) is 5.69 Å². The summed E-state index contributed by atoms with van der Waals surface area (Å²) in [6, 6.07) is 11.3. The van der Waals surface area contributed by atoms with Gasteiger partial charge in [-0.1, -0.05) is 36.4 Å². The standard InChI is InChI=1S/C19H15NO5/c1-25-16(22)10-9-15(21)20-14-8-4-7-13-17(14)19(24)12-6-3-2-5-11(12)18(13)23/h2-8H,9-10H2,1H3,(H,20,21). The number of esters is 1. The van der Waals surface area contributed by atoms with Gasteiger partial charge in [-0.05, 0) is 6.07 Å². The molecular weight excluding hydrogens is 322 g/mol. The van der Waals surface area contributed by atoms with Gasteiger partial charge >= 0.3 is 5.97 Å². The van der Waals surface area contributed by atoms with Crippen LogP contribution in [0.5, 0.6) is 0 Å². The van der Waals surface area contributed by atoms with E-state index in [0.29, 0.717) is 11.1 Å². The number of benzene rings is 2. The van der Waals surface area contributed by atoms with Gasteiger partial charge in [-0.15, -0.1) is 0 Å². The number of methoxy groups -OCH3 is 1. The molecule has 25 heavy (non-hydrogen) atoms. The minimum atomic E-state index is -0.495. The van der Waals surface area contributed by atoms with Gasteiger partial charge in [-0.3, -0.25) is 19.2 Å². The summed E-state index contributed by atoms with van der Waals surface area (Å²) in [5.74, 6) is -1.49. The first kappa shape index (κ1) is 16.6. The van der Waals surface area contributed by atoms with Gasteiger partial charge in [-0.25, -0.2) is 0 Å². The Hall–Kier alpha value is -3.28. The Morgan fingerprint density at radius 2 is 1.52 bits per heavy atom. The molecule has 0 aliphatic heterocycles. The van der Waals surface area contributed by atoms with Crippen molar-refractivity contribution in [2.24, 2.45) is 0 Å². The molecule has 0 aromatic heterocycles. The van der Waals surface area contributed by atoms with Crippen LogP contribution in [0.2, 0.25) is 0 Å². The maximum Gasteiger partial charge on any atom is 0.306 e. The number of carbonyl (C=O) groups is 4. The van der Waals surface area contributed by atoms with E-state index in [1.807, 2.05) is 0 Å². The highest BCUT2D eigenvalue weighted by Gasteiger charge is 2.31. The number of anilines is 1. The number of ether oxygens (including phenoxy) is 1. The second kappa shape index (κ2) is 6.68. The van der Waals surface area contributed by atoms with E-state index < -0.39 is 11.9 Å². The van der Waals surface area contributed by atoms with Crippen molar-refractivity contribution in [3.8, 4) is 0 Å². The van der Waals surface area contributed by atoms with Crippen molar-refractivity contribution in [3.63, 3.8) is 0 Å². The molecule has 6 nitrogen and oxygen atoms in total. The Bertz CT molecular complexity index is 900. The average molecular weight is 337 g/mol. The van der Waals surface area contributed by atoms with Crippen LogP contribution in [0.3, 0.4) is 0 Å². The molecule has 0 unspecified atom stereocenters. The van der Waals surface area contributed by atoms with E-state index in [1.165, 1.54) is 7.11 Å². The molecule has 0 heterocycles. The maximum atomic E-state index is 12.8. The molecule has 0 spiro atoms. The molecule has 0 saturated carbocycles. The second-order valence-electron chi connectivity index (χ2n) is 5.56. The molecule has 1 N–H and O–H groups in total. The quantitative estimate of drug-likeness (QED) is 0.738. The fourth-order valence-corrected chi connectivity index (χ4v) is 2.78. The molecule has 0 bridgehead atoms. The minimum absolute atomic E-state index is 0.0624. The first-order chi connectivity index (χ1) is 12.0. The summed E-state index contributed by atoms with van der Waals surface area (Å²) in [7, 11) is 1.25. The number of nitrogens with one attached hydrogen (secondary N) is 1. The first-order valence-corrected chi connectivity index (χ1v) is 7.71. The Labute approximate surface area is 143 Å². The van der Waals surface area contributed by atoms with Crippen LogP contribution in [-0.4, -0.2) is 30.6 Å². The molecular formula is C19H15NO5. The number of amides is 1. The summed E-state index contributed by atoms with van der Waals surface area (Å²) in [5.41, 5.74) is 1.37. The molecule has 0 saturated heterocycles. The topological polar surface area (TPSA) is 89.5 Å². The van der Waals surface area contributed by atoms with E-state index >= 15 is 0 Å². The lowest BCUT2D eigenvalue weighted by molar-refractivity contribution is -0.141. The van der Waals surface area contributed by atoms with E-state index in [-0.39, 0.29) is 41.2 Å². The van der Waals surface area contributed by atoms with Gasteiger partial charge in [0.05, 0.1) is 24.8 Å². The Morgan fingerprint density at radius 1 is 0.880 bits per heavy atom. The van der Waals surface area contributed by atoms with Crippen molar-refractivity contribution in [1.29, 1.82) is 0 Å². The van der Waals surface area contributed by atoms with Crippen molar-refractivity contribution in [2.75, 3.05) is 12.4 Å². The smallest absolute Gasteiger partial charge is 0.306 e. The van der Waals surface area contributed by atoms with Crippen LogP contribution in [0, 0.1) is 0 Å². The lowest BCUT2D eigenvalue weighted by Crippen LogP contribution is -2.24. The van der Waals surface area contributed by atoms with Gasteiger partial charge in [0, 0.05) is 23.1 Å². The molecule has 2 aromatic rings. The van der Waals surface area contributed by atoms with E-state index in [1.54, 1.807) is 42.5 Å². The van der Waals surface area contributed by atoms with Crippen molar-refractivity contribution in [3.05, 3.63) is 64.7 Å². The molecule has 1 aliphatic rings. The summed E-state index contributed by atoms with van der Waals surface area (Å²) in [4.78, 5) is 48.6. The number of hydrogen-bond acceptors (Lipinski definition) is 5. The molecule has 6 heteroatoms. The van der Waals surface area contributed by atoms with Gasteiger partial charge in [0.2, 0.25) is 5.91 Å². The summed E-state index contributed by atoms with van der Waals surface area (Å²) in [5, 5.41) is 2.61. The van der Waals surface area contributed by atoms with Crippen LogP contribution in [0.1, 0.15) is 44.7 Å². The largest absolute Gasteiger partial charge is 0.469 e. The molecule has 1 aliphatic carbocycles. The Kier molecular flexibility index (Phi) is 4.43. The van der Waals surface area contributed by atoms with E-state index in [0.717, 1.165) is 0 Å². The van der Waals surface area contributed by atoms with Gasteiger partial charge in [0.15, 0.2) is 11.6 Å². The molecule has 3 rings (SSSR count). The van der Waals surface area contributed by atoms with Crippen LogP contribution in [0.25, 0.3) is 0 Å². The Morgan fingerprint density at radius 3 is 2.20 bits per heavy atom. The monoisotopic (exact) mass is 337 g/mol. The number of carbonyl (C=O) groups excluding carboxylic acids is 4. The lowest BCUT2D eigenvalue weighted by Gasteiger charge is -2.20. The zero-order chi connectivity index (χ0) is 18.0. The number of fused-ring (bicyclic) bond motifs is 2. The van der Waals surface area contributed by atoms with Gasteiger partial charge in [0.25, 0.3) is 0 Å². The third kappa shape index (κ3) is 3.06. The normalized spacial score (nSPS) is 12.2. The van der Waals surface area contributed by atoms with Crippen molar-refractivity contribution < 1.29 is 23.9 Å². The predicted molar refractivity (Wildman–Crippen MR) is 89.6 cm³/mol. The predicted octanol–water partition coefficient (Wildman–Crippen LogP) is 2.35. The van der Waals surface area contributed by atoms with Crippen molar-refractivity contribution in [1.82, 2.24) is 0 Å². The highest BCUT2D eigenvalue weighted by atomic mass is 16.5. The summed E-state index contributed by atoms with van der Waals surface area (Å²) < 4.78 is 4.49. The number of hydrogen-bond donors (Lipinski definition) is 1. The van der Waals surface area contributed by atoms with Crippen molar-refractivity contribution in [2.45, 2.75) is 12.8 Å². The van der Waals surface area contributed by atoms with E-state index in [2.05, 4.69) is 10.1 Å². The summed E-state index contributed by atoms with van der Waals surface area (Å²) in [6.45, 7) is 0. The molecule has 2 aromatic carbocycles. The summed E-state index contributed by atoms with van der Waals surface area (Å²) >= 11 is 0. The van der Waals surface area contributed by atoms with Crippen LogP contribution in [-0.2, 0) is 14.3 Å².